The summed E-state index contributed by atoms with van der Waals surface area (Å²) in [6, 6.07) is 2.59. The van der Waals surface area contributed by atoms with Crippen LogP contribution in [0.3, 0.4) is 0 Å². The summed E-state index contributed by atoms with van der Waals surface area (Å²) >= 11 is 0. The summed E-state index contributed by atoms with van der Waals surface area (Å²) in [6.07, 6.45) is 3.55. The van der Waals surface area contributed by atoms with Crippen molar-refractivity contribution in [1.29, 1.82) is 0 Å². The van der Waals surface area contributed by atoms with Gasteiger partial charge in [-0.2, -0.15) is 0 Å². The first-order valence-electron chi connectivity index (χ1n) is 5.21. The Hall–Kier alpha value is -2.24. The second kappa shape index (κ2) is 4.73. The largest absolute Gasteiger partial charge is 0.340 e. The van der Waals surface area contributed by atoms with Gasteiger partial charge in [0.15, 0.2) is 0 Å². The maximum absolute atomic E-state index is 11.7. The molecule has 17 heavy (non-hydrogen) atoms. The molecule has 0 unspecified atom stereocenters. The third kappa shape index (κ3) is 2.66. The number of nitrogens with zero attached hydrogens (tertiary/aromatic N) is 1. The van der Waals surface area contributed by atoms with E-state index < -0.39 is 11.9 Å². The zero-order valence-electron chi connectivity index (χ0n) is 8.97. The van der Waals surface area contributed by atoms with Crippen LogP contribution >= 0.6 is 0 Å². The summed E-state index contributed by atoms with van der Waals surface area (Å²) in [5.41, 5.74) is 0.386. The minimum absolute atomic E-state index is 0.240. The molecule has 6 heteroatoms. The molecule has 1 aliphatic heterocycles. The Morgan fingerprint density at radius 3 is 2.94 bits per heavy atom. The normalized spacial score (nSPS) is 19.6. The number of aromatic nitrogens is 1. The number of amides is 3. The van der Waals surface area contributed by atoms with Gasteiger partial charge in [-0.1, -0.05) is 0 Å². The van der Waals surface area contributed by atoms with Crippen molar-refractivity contribution in [2.75, 3.05) is 0 Å². The van der Waals surface area contributed by atoms with Crippen LogP contribution < -0.4 is 10.6 Å². The molecular weight excluding hydrogens is 222 g/mol. The van der Waals surface area contributed by atoms with E-state index in [1.54, 1.807) is 18.3 Å². The van der Waals surface area contributed by atoms with E-state index in [0.717, 1.165) is 0 Å². The molecular formula is C11H11N3O3. The molecule has 1 atom stereocenters. The number of pyridine rings is 1. The zero-order chi connectivity index (χ0) is 12.3. The number of nitrogens with one attached hydrogen (secondary N) is 2. The highest BCUT2D eigenvalue weighted by Crippen LogP contribution is 2.05. The Morgan fingerprint density at radius 1 is 1.47 bits per heavy atom. The molecule has 88 valence electrons. The number of imide groups is 1. The molecule has 0 saturated carbocycles. The lowest BCUT2D eigenvalue weighted by atomic mass is 10.1. The summed E-state index contributed by atoms with van der Waals surface area (Å²) < 4.78 is 0. The van der Waals surface area contributed by atoms with Gasteiger partial charge in [-0.05, 0) is 18.6 Å². The van der Waals surface area contributed by atoms with Gasteiger partial charge in [-0.3, -0.25) is 24.7 Å². The van der Waals surface area contributed by atoms with Gasteiger partial charge in [0, 0.05) is 18.8 Å². The molecule has 0 aliphatic carbocycles. The Balaban J connectivity index is 2.00. The van der Waals surface area contributed by atoms with Crippen molar-refractivity contribution in [3.05, 3.63) is 30.1 Å². The highest BCUT2D eigenvalue weighted by Gasteiger charge is 2.27. The van der Waals surface area contributed by atoms with E-state index in [2.05, 4.69) is 15.6 Å². The molecule has 6 nitrogen and oxygen atoms in total. The van der Waals surface area contributed by atoms with Crippen molar-refractivity contribution in [2.24, 2.45) is 0 Å². The van der Waals surface area contributed by atoms with Crippen molar-refractivity contribution in [1.82, 2.24) is 15.6 Å². The quantitative estimate of drug-likeness (QED) is 0.681. The topological polar surface area (TPSA) is 88.2 Å². The van der Waals surface area contributed by atoms with Gasteiger partial charge in [-0.25, -0.2) is 0 Å². The van der Waals surface area contributed by atoms with Gasteiger partial charge in [0.2, 0.25) is 11.8 Å². The number of hydrogen-bond acceptors (Lipinski definition) is 4. The van der Waals surface area contributed by atoms with Crippen LogP contribution in [-0.4, -0.2) is 28.7 Å². The molecule has 1 aliphatic rings. The minimum atomic E-state index is -0.652. The summed E-state index contributed by atoms with van der Waals surface area (Å²) in [5.74, 6) is -1.13. The third-order valence-electron chi connectivity index (χ3n) is 2.47. The lowest BCUT2D eigenvalue weighted by molar-refractivity contribution is -0.134. The van der Waals surface area contributed by atoms with Crippen LogP contribution in [0.15, 0.2) is 24.5 Å². The van der Waals surface area contributed by atoms with Crippen LogP contribution in [0, 0.1) is 0 Å². The summed E-state index contributed by atoms with van der Waals surface area (Å²) in [6.45, 7) is 0. The molecule has 1 aromatic rings. The second-order valence-corrected chi connectivity index (χ2v) is 3.72. The fourth-order valence-electron chi connectivity index (χ4n) is 1.57. The molecule has 1 aromatic heterocycles. The van der Waals surface area contributed by atoms with Gasteiger partial charge >= 0.3 is 0 Å². The van der Waals surface area contributed by atoms with E-state index in [4.69, 9.17) is 0 Å². The van der Waals surface area contributed by atoms with Crippen LogP contribution in [-0.2, 0) is 9.59 Å². The lowest BCUT2D eigenvalue weighted by Gasteiger charge is -2.21. The second-order valence-electron chi connectivity index (χ2n) is 3.72. The van der Waals surface area contributed by atoms with Crippen LogP contribution in [0.1, 0.15) is 23.2 Å². The monoisotopic (exact) mass is 233 g/mol. The molecule has 1 fully saturated rings. The predicted octanol–water partition coefficient (Wildman–Crippen LogP) is -0.383. The minimum Gasteiger partial charge on any atom is -0.340 e. The number of hydrogen-bond donors (Lipinski definition) is 2. The number of rotatable bonds is 2. The lowest BCUT2D eigenvalue weighted by Crippen LogP contribution is -2.52. The van der Waals surface area contributed by atoms with E-state index in [-0.39, 0.29) is 18.2 Å². The van der Waals surface area contributed by atoms with Crippen molar-refractivity contribution >= 4 is 17.7 Å². The molecule has 1 saturated heterocycles. The highest BCUT2D eigenvalue weighted by atomic mass is 16.2. The maximum atomic E-state index is 11.7. The molecule has 2 N–H and O–H groups in total. The first kappa shape index (κ1) is 11.3. The molecule has 3 amide bonds. The van der Waals surface area contributed by atoms with Crippen molar-refractivity contribution in [3.8, 4) is 0 Å². The molecule has 0 bridgehead atoms. The predicted molar refractivity (Wildman–Crippen MR) is 57.9 cm³/mol. The van der Waals surface area contributed by atoms with E-state index in [1.165, 1.54) is 6.20 Å². The fraction of sp³-hybridized carbons (Fsp3) is 0.273. The van der Waals surface area contributed by atoms with Crippen LogP contribution in [0.5, 0.6) is 0 Å². The Labute approximate surface area is 97.4 Å². The van der Waals surface area contributed by atoms with E-state index >= 15 is 0 Å². The highest BCUT2D eigenvalue weighted by molar-refractivity contribution is 6.03. The fourth-order valence-corrected chi connectivity index (χ4v) is 1.57. The molecule has 2 rings (SSSR count). The molecule has 2 heterocycles. The SMILES string of the molecule is O=C1CC[C@H](NC(=O)c2cccnc2)C(=O)N1. The molecule has 0 aromatic carbocycles. The Morgan fingerprint density at radius 2 is 2.29 bits per heavy atom. The van der Waals surface area contributed by atoms with Crippen LogP contribution in [0.2, 0.25) is 0 Å². The molecule has 0 spiro atoms. The smallest absolute Gasteiger partial charge is 0.253 e. The Bertz CT molecular complexity index is 458. The summed E-state index contributed by atoms with van der Waals surface area (Å²) in [7, 11) is 0. The van der Waals surface area contributed by atoms with Crippen molar-refractivity contribution in [2.45, 2.75) is 18.9 Å². The third-order valence-corrected chi connectivity index (χ3v) is 2.47. The average Bonchev–Trinajstić information content (AvgIpc) is 2.34. The molecule has 0 radical (unpaired) electrons. The van der Waals surface area contributed by atoms with Gasteiger partial charge in [0.1, 0.15) is 6.04 Å². The maximum Gasteiger partial charge on any atom is 0.253 e. The average molecular weight is 233 g/mol. The summed E-state index contributed by atoms with van der Waals surface area (Å²) in [4.78, 5) is 37.9. The zero-order valence-corrected chi connectivity index (χ0v) is 8.97. The van der Waals surface area contributed by atoms with E-state index in [9.17, 15) is 14.4 Å². The van der Waals surface area contributed by atoms with Crippen LogP contribution in [0.25, 0.3) is 0 Å². The first-order valence-corrected chi connectivity index (χ1v) is 5.21. The van der Waals surface area contributed by atoms with Gasteiger partial charge in [0.25, 0.3) is 5.91 Å². The standard InChI is InChI=1S/C11H11N3O3/c15-9-4-3-8(11(17)14-9)13-10(16)7-2-1-5-12-6-7/h1-2,5-6,8H,3-4H2,(H,13,16)(H,14,15,17)/t8-/m0/s1. The Kier molecular flexibility index (Phi) is 3.13. The van der Waals surface area contributed by atoms with Gasteiger partial charge in [-0.15, -0.1) is 0 Å². The van der Waals surface area contributed by atoms with Crippen molar-refractivity contribution < 1.29 is 14.4 Å². The van der Waals surface area contributed by atoms with Crippen molar-refractivity contribution in [3.63, 3.8) is 0 Å². The number of carbonyl (C=O) groups is 3. The van der Waals surface area contributed by atoms with E-state index in [0.29, 0.717) is 12.0 Å². The van der Waals surface area contributed by atoms with E-state index in [1.807, 2.05) is 0 Å². The number of piperidine rings is 1. The van der Waals surface area contributed by atoms with Gasteiger partial charge < -0.3 is 5.32 Å². The number of carbonyl (C=O) groups excluding carboxylic acids is 3. The van der Waals surface area contributed by atoms with Crippen LogP contribution in [0.4, 0.5) is 0 Å². The summed E-state index contributed by atoms with van der Waals surface area (Å²) in [5, 5.41) is 4.74. The van der Waals surface area contributed by atoms with Gasteiger partial charge in [0.05, 0.1) is 5.56 Å². The first-order chi connectivity index (χ1) is 8.16.